The first-order valence-electron chi connectivity index (χ1n) is 6.29. The summed E-state index contributed by atoms with van der Waals surface area (Å²) < 4.78 is 14.1. The molecule has 0 nitrogen and oxygen atoms in total. The Morgan fingerprint density at radius 3 is 2.53 bits per heavy atom. The molecule has 0 bridgehead atoms. The maximum absolute atomic E-state index is 14.1. The van der Waals surface area contributed by atoms with Gasteiger partial charge in [0.25, 0.3) is 0 Å². The molecular weight excluding hydrogens is 303 g/mol. The van der Waals surface area contributed by atoms with Crippen molar-refractivity contribution >= 4 is 22.0 Å². The van der Waals surface area contributed by atoms with Crippen LogP contribution >= 0.6 is 15.9 Å². The minimum atomic E-state index is -0.174. The van der Waals surface area contributed by atoms with Gasteiger partial charge in [-0.05, 0) is 30.5 Å². The highest BCUT2D eigenvalue weighted by Gasteiger charge is 2.04. The fourth-order valence-corrected chi connectivity index (χ4v) is 2.60. The fourth-order valence-electron chi connectivity index (χ4n) is 1.98. The van der Waals surface area contributed by atoms with E-state index in [9.17, 15) is 4.39 Å². The van der Waals surface area contributed by atoms with Gasteiger partial charge in [0.2, 0.25) is 0 Å². The van der Waals surface area contributed by atoms with Crippen molar-refractivity contribution in [3.05, 3.63) is 65.5 Å². The van der Waals surface area contributed by atoms with Crippen molar-refractivity contribution in [2.24, 2.45) is 0 Å². The quantitative estimate of drug-likeness (QED) is 0.636. The van der Waals surface area contributed by atoms with E-state index in [1.165, 1.54) is 5.57 Å². The predicted octanol–water partition coefficient (Wildman–Crippen LogP) is 5.68. The van der Waals surface area contributed by atoms with Gasteiger partial charge in [-0.25, -0.2) is 4.39 Å². The summed E-state index contributed by atoms with van der Waals surface area (Å²) in [7, 11) is 0. The maximum Gasteiger partial charge on any atom is 0.131 e. The summed E-state index contributed by atoms with van der Waals surface area (Å²) in [6.07, 6.45) is 3.00. The van der Waals surface area contributed by atoms with Crippen LogP contribution in [-0.4, -0.2) is 5.33 Å². The molecule has 2 aromatic rings. The van der Waals surface area contributed by atoms with Gasteiger partial charge in [-0.15, -0.1) is 0 Å². The first-order valence-corrected chi connectivity index (χ1v) is 7.41. The van der Waals surface area contributed by atoms with Crippen molar-refractivity contribution < 1.29 is 4.39 Å². The van der Waals surface area contributed by atoms with Gasteiger partial charge in [-0.1, -0.05) is 70.0 Å². The molecule has 0 aliphatic carbocycles. The van der Waals surface area contributed by atoms with Gasteiger partial charge in [0.1, 0.15) is 5.82 Å². The number of halogens is 2. The average Bonchev–Trinajstić information content (AvgIpc) is 2.40. The van der Waals surface area contributed by atoms with Gasteiger partial charge in [-0.3, -0.25) is 0 Å². The van der Waals surface area contributed by atoms with Crippen LogP contribution in [0.4, 0.5) is 4.39 Å². The second-order valence-electron chi connectivity index (χ2n) is 4.53. The monoisotopic (exact) mass is 318 g/mol. The van der Waals surface area contributed by atoms with E-state index in [0.29, 0.717) is 5.56 Å². The van der Waals surface area contributed by atoms with E-state index < -0.39 is 0 Å². The standard InChI is InChI=1S/C17H16BrF/c1-13(9-10-18)11-14-7-8-16(17(19)12-14)15-5-3-2-4-6-15/h2-8,11-12H,9-10H2,1H3/b13-11+. The molecule has 0 aliphatic heterocycles. The molecule has 0 radical (unpaired) electrons. The van der Waals surface area contributed by atoms with E-state index in [4.69, 9.17) is 0 Å². The molecule has 2 aromatic carbocycles. The van der Waals surface area contributed by atoms with Crippen LogP contribution in [0.15, 0.2) is 54.1 Å². The van der Waals surface area contributed by atoms with Gasteiger partial charge in [0.05, 0.1) is 0 Å². The molecule has 0 spiro atoms. The molecule has 0 fully saturated rings. The number of allylic oxidation sites excluding steroid dienone is 1. The topological polar surface area (TPSA) is 0 Å². The Hall–Kier alpha value is -1.41. The Morgan fingerprint density at radius 1 is 1.16 bits per heavy atom. The molecule has 0 aliphatic rings. The molecule has 0 atom stereocenters. The first kappa shape index (κ1) is 14.0. The van der Waals surface area contributed by atoms with Crippen LogP contribution in [0.3, 0.4) is 0 Å². The van der Waals surface area contributed by atoms with Crippen LogP contribution in [0.25, 0.3) is 17.2 Å². The number of benzene rings is 2. The summed E-state index contributed by atoms with van der Waals surface area (Å²) in [4.78, 5) is 0. The third-order valence-corrected chi connectivity index (χ3v) is 3.38. The van der Waals surface area contributed by atoms with Crippen molar-refractivity contribution in [2.45, 2.75) is 13.3 Å². The molecule has 2 rings (SSSR count). The van der Waals surface area contributed by atoms with Crippen LogP contribution in [-0.2, 0) is 0 Å². The predicted molar refractivity (Wildman–Crippen MR) is 83.9 cm³/mol. The molecule has 0 amide bonds. The van der Waals surface area contributed by atoms with Crippen molar-refractivity contribution in [1.82, 2.24) is 0 Å². The van der Waals surface area contributed by atoms with Crippen molar-refractivity contribution in [2.75, 3.05) is 5.33 Å². The van der Waals surface area contributed by atoms with Crippen LogP contribution in [0, 0.1) is 5.82 Å². The third-order valence-electron chi connectivity index (χ3n) is 2.98. The van der Waals surface area contributed by atoms with Crippen LogP contribution in [0.1, 0.15) is 18.9 Å². The van der Waals surface area contributed by atoms with Crippen LogP contribution < -0.4 is 0 Å². The number of hydrogen-bond acceptors (Lipinski definition) is 0. The minimum absolute atomic E-state index is 0.174. The number of hydrogen-bond donors (Lipinski definition) is 0. The Bertz CT molecular complexity index is 573. The zero-order valence-electron chi connectivity index (χ0n) is 10.9. The molecule has 19 heavy (non-hydrogen) atoms. The zero-order valence-corrected chi connectivity index (χ0v) is 12.5. The summed E-state index contributed by atoms with van der Waals surface area (Å²) in [5, 5.41) is 0.930. The van der Waals surface area contributed by atoms with Gasteiger partial charge in [-0.2, -0.15) is 0 Å². The largest absolute Gasteiger partial charge is 0.206 e. The van der Waals surface area contributed by atoms with Crippen LogP contribution in [0.5, 0.6) is 0 Å². The van der Waals surface area contributed by atoms with Gasteiger partial charge >= 0.3 is 0 Å². The van der Waals surface area contributed by atoms with E-state index in [1.807, 2.05) is 48.5 Å². The first-order chi connectivity index (χ1) is 9.20. The van der Waals surface area contributed by atoms with E-state index in [2.05, 4.69) is 22.9 Å². The molecule has 0 saturated carbocycles. The smallest absolute Gasteiger partial charge is 0.131 e. The molecule has 2 heteroatoms. The second-order valence-corrected chi connectivity index (χ2v) is 5.33. The Kier molecular flexibility index (Phi) is 4.92. The molecule has 98 valence electrons. The second kappa shape index (κ2) is 6.67. The Morgan fingerprint density at radius 2 is 1.89 bits per heavy atom. The highest BCUT2D eigenvalue weighted by Crippen LogP contribution is 2.24. The molecule has 0 N–H and O–H groups in total. The maximum atomic E-state index is 14.1. The lowest BCUT2D eigenvalue weighted by Gasteiger charge is -2.05. The lowest BCUT2D eigenvalue weighted by Crippen LogP contribution is -1.86. The van der Waals surface area contributed by atoms with Crippen molar-refractivity contribution in [3.63, 3.8) is 0 Å². The summed E-state index contributed by atoms with van der Waals surface area (Å²) in [5.41, 5.74) is 3.71. The molecule has 0 aromatic heterocycles. The summed E-state index contributed by atoms with van der Waals surface area (Å²) in [5.74, 6) is -0.174. The summed E-state index contributed by atoms with van der Waals surface area (Å²) >= 11 is 3.41. The third kappa shape index (κ3) is 3.77. The Balaban J connectivity index is 2.30. The molecule has 0 unspecified atom stereocenters. The van der Waals surface area contributed by atoms with Crippen molar-refractivity contribution in [3.8, 4) is 11.1 Å². The van der Waals surface area contributed by atoms with E-state index >= 15 is 0 Å². The van der Waals surface area contributed by atoms with Gasteiger partial charge in [0, 0.05) is 10.9 Å². The van der Waals surface area contributed by atoms with E-state index in [1.54, 1.807) is 6.07 Å². The minimum Gasteiger partial charge on any atom is -0.206 e. The lowest BCUT2D eigenvalue weighted by molar-refractivity contribution is 0.631. The SMILES string of the molecule is C/C(=C\c1ccc(-c2ccccc2)c(F)c1)CCBr. The van der Waals surface area contributed by atoms with E-state index in [-0.39, 0.29) is 5.82 Å². The highest BCUT2D eigenvalue weighted by molar-refractivity contribution is 9.09. The van der Waals surface area contributed by atoms with E-state index in [0.717, 1.165) is 22.9 Å². The molecular formula is C17H16BrF. The van der Waals surface area contributed by atoms with Crippen molar-refractivity contribution in [1.29, 1.82) is 0 Å². The normalized spacial score (nSPS) is 11.6. The summed E-state index contributed by atoms with van der Waals surface area (Å²) in [6, 6.07) is 15.0. The van der Waals surface area contributed by atoms with Gasteiger partial charge < -0.3 is 0 Å². The van der Waals surface area contributed by atoms with Crippen LogP contribution in [0.2, 0.25) is 0 Å². The average molecular weight is 319 g/mol. The molecule has 0 heterocycles. The van der Waals surface area contributed by atoms with Gasteiger partial charge in [0.15, 0.2) is 0 Å². The number of alkyl halides is 1. The molecule has 0 saturated heterocycles. The fraction of sp³-hybridized carbons (Fsp3) is 0.176. The summed E-state index contributed by atoms with van der Waals surface area (Å²) in [6.45, 7) is 2.06. The lowest BCUT2D eigenvalue weighted by atomic mass is 10.0. The zero-order chi connectivity index (χ0) is 13.7. The Labute approximate surface area is 122 Å². The number of rotatable bonds is 4. The highest BCUT2D eigenvalue weighted by atomic mass is 79.9.